The molecule has 2 aromatic carbocycles. The second kappa shape index (κ2) is 9.81. The van der Waals surface area contributed by atoms with Crippen molar-refractivity contribution in [3.8, 4) is 0 Å². The number of benzene rings is 2. The van der Waals surface area contributed by atoms with Crippen molar-refractivity contribution in [2.45, 2.75) is 57.0 Å². The van der Waals surface area contributed by atoms with E-state index in [9.17, 15) is 5.11 Å². The minimum absolute atomic E-state index is 0.109. The van der Waals surface area contributed by atoms with Crippen LogP contribution in [-0.2, 0) is 27.4 Å². The molecule has 1 aliphatic heterocycles. The van der Waals surface area contributed by atoms with Gasteiger partial charge in [-0.05, 0) is 24.5 Å². The maximum absolute atomic E-state index is 10.6. The number of hydrogen-bond donors (Lipinski definition) is 1. The highest BCUT2D eigenvalue weighted by Crippen LogP contribution is 2.38. The lowest BCUT2D eigenvalue weighted by Gasteiger charge is -2.43. The molecule has 6 nitrogen and oxygen atoms in total. The van der Waals surface area contributed by atoms with Gasteiger partial charge < -0.3 is 24.2 Å². The minimum Gasteiger partial charge on any atom is -0.459 e. The molecule has 0 radical (unpaired) electrons. The second-order valence-corrected chi connectivity index (χ2v) is 8.62. The van der Waals surface area contributed by atoms with Crippen molar-refractivity contribution in [3.05, 3.63) is 71.8 Å². The van der Waals surface area contributed by atoms with Gasteiger partial charge in [0.15, 0.2) is 0 Å². The minimum atomic E-state index is -0.545. The summed E-state index contributed by atoms with van der Waals surface area (Å²) in [6, 6.07) is 20.6. The molecule has 1 saturated carbocycles. The fourth-order valence-electron chi connectivity index (χ4n) is 4.40. The summed E-state index contributed by atoms with van der Waals surface area (Å²) < 4.78 is 19.0. The van der Waals surface area contributed by atoms with E-state index in [1.54, 1.807) is 0 Å². The number of hydrogen-bond acceptors (Lipinski definition) is 6. The van der Waals surface area contributed by atoms with Crippen LogP contribution in [0.1, 0.15) is 24.5 Å². The smallest absolute Gasteiger partial charge is 0.287 e. The van der Waals surface area contributed by atoms with E-state index in [0.29, 0.717) is 25.7 Å². The van der Waals surface area contributed by atoms with Crippen LogP contribution in [0.25, 0.3) is 0 Å². The van der Waals surface area contributed by atoms with Crippen LogP contribution in [0.2, 0.25) is 0 Å². The van der Waals surface area contributed by atoms with Crippen LogP contribution in [0.5, 0.6) is 0 Å². The second-order valence-electron chi connectivity index (χ2n) is 8.62. The van der Waals surface area contributed by atoms with E-state index in [1.807, 2.05) is 86.6 Å². The van der Waals surface area contributed by atoms with Crippen molar-refractivity contribution >= 4 is 6.02 Å². The Morgan fingerprint density at radius 1 is 0.968 bits per heavy atom. The van der Waals surface area contributed by atoms with Gasteiger partial charge in [0.25, 0.3) is 6.02 Å². The molecule has 31 heavy (non-hydrogen) atoms. The monoisotopic (exact) mass is 424 g/mol. The Hall–Kier alpha value is -2.41. The van der Waals surface area contributed by atoms with E-state index in [2.05, 4.69) is 0 Å². The van der Waals surface area contributed by atoms with Gasteiger partial charge >= 0.3 is 0 Å². The van der Waals surface area contributed by atoms with Gasteiger partial charge in [0, 0.05) is 20.0 Å². The Morgan fingerprint density at radius 2 is 1.52 bits per heavy atom. The Kier molecular flexibility index (Phi) is 6.90. The first-order chi connectivity index (χ1) is 15.0. The molecule has 6 atom stereocenters. The first-order valence-corrected chi connectivity index (χ1v) is 10.9. The fraction of sp³-hybridized carbons (Fsp3) is 0.480. The van der Waals surface area contributed by atoms with Crippen molar-refractivity contribution in [2.75, 3.05) is 14.1 Å². The zero-order chi connectivity index (χ0) is 21.8. The van der Waals surface area contributed by atoms with Gasteiger partial charge in [-0.3, -0.25) is 0 Å². The summed E-state index contributed by atoms with van der Waals surface area (Å²) in [6.07, 6.45) is -0.613. The van der Waals surface area contributed by atoms with E-state index in [0.717, 1.165) is 11.1 Å². The fourth-order valence-corrected chi connectivity index (χ4v) is 4.40. The first-order valence-electron chi connectivity index (χ1n) is 10.9. The van der Waals surface area contributed by atoms with E-state index in [-0.39, 0.29) is 30.3 Å². The maximum atomic E-state index is 10.6. The summed E-state index contributed by atoms with van der Waals surface area (Å²) in [5, 5.41) is 10.6. The molecule has 0 aromatic heterocycles. The molecule has 1 aliphatic carbocycles. The molecule has 0 spiro atoms. The van der Waals surface area contributed by atoms with Gasteiger partial charge in [-0.2, -0.15) is 0 Å². The zero-order valence-corrected chi connectivity index (χ0v) is 18.4. The third kappa shape index (κ3) is 5.09. The van der Waals surface area contributed by atoms with Crippen LogP contribution in [0.15, 0.2) is 65.7 Å². The number of fused-ring (bicyclic) bond motifs is 1. The SMILES string of the molecule is CC(O)[C@H]1C[C@@H]2OC(N(C)C)=N[C@H]2[C@@H](OCc2ccccc2)[C@@H]1OCc1ccccc1. The molecule has 2 aliphatic rings. The number of aliphatic hydroxyl groups is 1. The van der Waals surface area contributed by atoms with Crippen molar-refractivity contribution in [2.24, 2.45) is 10.9 Å². The summed E-state index contributed by atoms with van der Waals surface area (Å²) >= 11 is 0. The number of amidine groups is 1. The zero-order valence-electron chi connectivity index (χ0n) is 18.4. The Balaban J connectivity index is 1.59. The molecule has 6 heteroatoms. The standard InChI is InChI=1S/C25H32N2O4/c1-17(28)20-14-21-22(26-25(31-21)27(2)3)24(30-16-19-12-8-5-9-13-19)23(20)29-15-18-10-6-4-7-11-18/h4-13,17,20-24,28H,14-16H2,1-3H3/t17?,20-,21+,22-,23-,24-/m1/s1. The Morgan fingerprint density at radius 3 is 2.03 bits per heavy atom. The molecular weight excluding hydrogens is 392 g/mol. The number of aliphatic hydroxyl groups excluding tert-OH is 1. The Bertz CT molecular complexity index is 856. The third-order valence-electron chi connectivity index (χ3n) is 6.06. The lowest BCUT2D eigenvalue weighted by atomic mass is 9.77. The van der Waals surface area contributed by atoms with Crippen molar-refractivity contribution in [1.29, 1.82) is 0 Å². The van der Waals surface area contributed by atoms with Gasteiger partial charge in [-0.15, -0.1) is 0 Å². The summed E-state index contributed by atoms with van der Waals surface area (Å²) in [7, 11) is 3.84. The van der Waals surface area contributed by atoms with E-state index in [1.165, 1.54) is 0 Å². The molecule has 1 N–H and O–H groups in total. The molecule has 1 heterocycles. The topological polar surface area (TPSA) is 63.5 Å². The number of rotatable bonds is 7. The Labute approximate surface area is 184 Å². The molecule has 0 saturated heterocycles. The molecule has 1 fully saturated rings. The molecule has 0 bridgehead atoms. The average molecular weight is 425 g/mol. The molecule has 0 amide bonds. The lowest BCUT2D eigenvalue weighted by molar-refractivity contribution is -0.168. The first kappa shape index (κ1) is 21.8. The summed E-state index contributed by atoms with van der Waals surface area (Å²) in [5.74, 6) is -0.109. The highest BCUT2D eigenvalue weighted by Gasteiger charge is 2.52. The number of aliphatic imine (C=N–C) groups is 1. The number of nitrogens with zero attached hydrogens (tertiary/aromatic N) is 2. The van der Waals surface area contributed by atoms with Crippen LogP contribution in [0.3, 0.4) is 0 Å². The van der Waals surface area contributed by atoms with Gasteiger partial charge in [0.2, 0.25) is 0 Å². The third-order valence-corrected chi connectivity index (χ3v) is 6.06. The van der Waals surface area contributed by atoms with E-state index < -0.39 is 6.10 Å². The highest BCUT2D eigenvalue weighted by molar-refractivity contribution is 5.75. The van der Waals surface area contributed by atoms with E-state index >= 15 is 0 Å². The summed E-state index contributed by atoms with van der Waals surface area (Å²) in [4.78, 5) is 6.71. The van der Waals surface area contributed by atoms with Gasteiger partial charge in [0.05, 0.1) is 25.4 Å². The summed E-state index contributed by atoms with van der Waals surface area (Å²) in [5.41, 5.74) is 2.19. The predicted octanol–water partition coefficient (Wildman–Crippen LogP) is 3.24. The van der Waals surface area contributed by atoms with Crippen molar-refractivity contribution in [1.82, 2.24) is 4.90 Å². The lowest BCUT2D eigenvalue weighted by Crippen LogP contribution is -2.56. The van der Waals surface area contributed by atoms with Crippen LogP contribution < -0.4 is 0 Å². The highest BCUT2D eigenvalue weighted by atomic mass is 16.6. The van der Waals surface area contributed by atoms with Crippen LogP contribution in [-0.4, -0.2) is 60.6 Å². The van der Waals surface area contributed by atoms with Crippen LogP contribution in [0, 0.1) is 5.92 Å². The van der Waals surface area contributed by atoms with Crippen LogP contribution in [0.4, 0.5) is 0 Å². The molecule has 4 rings (SSSR count). The predicted molar refractivity (Wildman–Crippen MR) is 120 cm³/mol. The van der Waals surface area contributed by atoms with Gasteiger partial charge in [-0.25, -0.2) is 4.99 Å². The van der Waals surface area contributed by atoms with Gasteiger partial charge in [0.1, 0.15) is 18.2 Å². The summed E-state index contributed by atoms with van der Waals surface area (Å²) in [6.45, 7) is 2.74. The van der Waals surface area contributed by atoms with E-state index in [4.69, 9.17) is 19.2 Å². The molecule has 2 aromatic rings. The molecular formula is C25H32N2O4. The maximum Gasteiger partial charge on any atom is 0.287 e. The number of ether oxygens (including phenoxy) is 3. The van der Waals surface area contributed by atoms with Crippen LogP contribution >= 0.6 is 0 Å². The molecule has 166 valence electrons. The molecule has 1 unspecified atom stereocenters. The van der Waals surface area contributed by atoms with Crippen molar-refractivity contribution in [3.63, 3.8) is 0 Å². The quantitative estimate of drug-likeness (QED) is 0.739. The van der Waals surface area contributed by atoms with Crippen molar-refractivity contribution < 1.29 is 19.3 Å². The average Bonchev–Trinajstić information content (AvgIpc) is 3.22. The normalized spacial score (nSPS) is 28.4. The largest absolute Gasteiger partial charge is 0.459 e. The van der Waals surface area contributed by atoms with Gasteiger partial charge in [-0.1, -0.05) is 60.7 Å².